The van der Waals surface area contributed by atoms with Gasteiger partial charge in [-0.1, -0.05) is 35.0 Å². The van der Waals surface area contributed by atoms with Crippen molar-refractivity contribution in [2.75, 3.05) is 11.1 Å². The minimum atomic E-state index is -0.589. The molecule has 1 aromatic carbocycles. The van der Waals surface area contributed by atoms with E-state index in [2.05, 4.69) is 20.5 Å². The van der Waals surface area contributed by atoms with Crippen LogP contribution in [0.2, 0.25) is 10.0 Å². The molecule has 0 aliphatic rings. The van der Waals surface area contributed by atoms with Gasteiger partial charge >= 0.3 is 5.69 Å². The maximum absolute atomic E-state index is 12.0. The summed E-state index contributed by atoms with van der Waals surface area (Å²) < 4.78 is 6.59. The third kappa shape index (κ3) is 5.22. The van der Waals surface area contributed by atoms with Gasteiger partial charge in [0.1, 0.15) is 6.54 Å². The Morgan fingerprint density at radius 3 is 2.81 bits per heavy atom. The fourth-order valence-corrected chi connectivity index (χ4v) is 3.02. The van der Waals surface area contributed by atoms with Crippen molar-refractivity contribution >= 4 is 46.6 Å². The molecule has 0 unspecified atom stereocenters. The van der Waals surface area contributed by atoms with Gasteiger partial charge < -0.3 is 9.73 Å². The molecular weight excluding hydrogens is 417 g/mol. The Kier molecular flexibility index (Phi) is 5.99. The molecule has 0 atom stereocenters. The summed E-state index contributed by atoms with van der Waals surface area (Å²) in [5.41, 5.74) is -0.644. The van der Waals surface area contributed by atoms with Crippen LogP contribution < -0.4 is 16.6 Å². The zero-order valence-electron chi connectivity index (χ0n) is 13.4. The van der Waals surface area contributed by atoms with Crippen LogP contribution >= 0.6 is 35.0 Å². The molecule has 0 spiro atoms. The van der Waals surface area contributed by atoms with Gasteiger partial charge in [0.25, 0.3) is 10.8 Å². The van der Waals surface area contributed by atoms with Crippen LogP contribution in [-0.4, -0.2) is 31.4 Å². The monoisotopic (exact) mass is 427 g/mol. The summed E-state index contributed by atoms with van der Waals surface area (Å²) in [5.74, 6) is -0.146. The van der Waals surface area contributed by atoms with Crippen LogP contribution in [0.25, 0.3) is 0 Å². The maximum atomic E-state index is 12.0. The molecule has 12 heteroatoms. The smallest absolute Gasteiger partial charge is 0.328 e. The number of carbonyl (C=O) groups is 1. The van der Waals surface area contributed by atoms with E-state index in [1.54, 1.807) is 12.1 Å². The highest BCUT2D eigenvalue weighted by atomic mass is 35.5. The van der Waals surface area contributed by atoms with E-state index in [9.17, 15) is 14.4 Å². The average molecular weight is 428 g/mol. The molecule has 0 radical (unpaired) electrons. The fourth-order valence-electron chi connectivity index (χ4n) is 1.98. The van der Waals surface area contributed by atoms with Crippen molar-refractivity contribution in [3.63, 3.8) is 0 Å². The summed E-state index contributed by atoms with van der Waals surface area (Å²) in [6.45, 7) is -0.00421. The van der Waals surface area contributed by atoms with Gasteiger partial charge in [-0.3, -0.25) is 19.1 Å². The molecule has 0 aliphatic carbocycles. The Morgan fingerprint density at radius 2 is 2.07 bits per heavy atom. The lowest BCUT2D eigenvalue weighted by atomic mass is 10.3. The van der Waals surface area contributed by atoms with Crippen molar-refractivity contribution in [3.05, 3.63) is 67.2 Å². The van der Waals surface area contributed by atoms with Crippen LogP contribution in [0.15, 0.2) is 49.7 Å². The van der Waals surface area contributed by atoms with E-state index in [4.69, 9.17) is 27.6 Å². The largest absolute Gasteiger partial charge is 0.414 e. The number of carbonyl (C=O) groups excluding carboxylic acids is 1. The molecule has 2 N–H and O–H groups in total. The third-order valence-corrected chi connectivity index (χ3v) is 4.55. The number of benzene rings is 1. The first-order valence-electron chi connectivity index (χ1n) is 7.40. The Hall–Kier alpha value is -2.56. The lowest BCUT2D eigenvalue weighted by Gasteiger charge is -2.06. The first-order valence-corrected chi connectivity index (χ1v) is 9.15. The summed E-state index contributed by atoms with van der Waals surface area (Å²) in [6.07, 6.45) is 1.32. The number of anilines is 1. The fraction of sp³-hybridized carbons (Fsp3) is 0.133. The van der Waals surface area contributed by atoms with Crippen molar-refractivity contribution in [1.82, 2.24) is 19.7 Å². The second-order valence-electron chi connectivity index (χ2n) is 5.16. The SMILES string of the molecule is O=C(CSc1nnc(Cn2ccc(=O)[nH]c2=O)o1)Nc1ccc(Cl)cc1Cl. The molecule has 0 saturated heterocycles. The van der Waals surface area contributed by atoms with E-state index >= 15 is 0 Å². The topological polar surface area (TPSA) is 123 Å². The predicted octanol–water partition coefficient (Wildman–Crippen LogP) is 2.01. The van der Waals surface area contributed by atoms with Gasteiger partial charge in [0.15, 0.2) is 0 Å². The highest BCUT2D eigenvalue weighted by molar-refractivity contribution is 7.99. The minimum absolute atomic E-state index is 0.00421. The number of aromatic nitrogens is 4. The Balaban J connectivity index is 1.56. The van der Waals surface area contributed by atoms with Gasteiger partial charge in [-0.15, -0.1) is 10.2 Å². The van der Waals surface area contributed by atoms with Crippen LogP contribution in [0, 0.1) is 0 Å². The molecule has 2 aromatic heterocycles. The quantitative estimate of drug-likeness (QED) is 0.576. The van der Waals surface area contributed by atoms with Gasteiger partial charge in [-0.05, 0) is 18.2 Å². The molecule has 0 saturated carbocycles. The number of H-pyrrole nitrogens is 1. The average Bonchev–Trinajstić information content (AvgIpc) is 3.06. The number of thioether (sulfide) groups is 1. The maximum Gasteiger partial charge on any atom is 0.328 e. The number of hydrogen-bond acceptors (Lipinski definition) is 7. The predicted molar refractivity (Wildman–Crippen MR) is 101 cm³/mol. The number of amides is 1. The van der Waals surface area contributed by atoms with Gasteiger partial charge in [0, 0.05) is 17.3 Å². The van der Waals surface area contributed by atoms with E-state index in [0.717, 1.165) is 11.8 Å². The van der Waals surface area contributed by atoms with Crippen LogP contribution in [0.3, 0.4) is 0 Å². The number of nitrogens with one attached hydrogen (secondary N) is 2. The molecule has 0 fully saturated rings. The molecule has 1 amide bonds. The van der Waals surface area contributed by atoms with E-state index < -0.39 is 11.2 Å². The highest BCUT2D eigenvalue weighted by Crippen LogP contribution is 2.25. The van der Waals surface area contributed by atoms with Crippen molar-refractivity contribution in [2.24, 2.45) is 0 Å². The number of rotatable bonds is 6. The zero-order valence-corrected chi connectivity index (χ0v) is 15.8. The lowest BCUT2D eigenvalue weighted by molar-refractivity contribution is -0.113. The first-order chi connectivity index (χ1) is 12.9. The Morgan fingerprint density at radius 1 is 1.26 bits per heavy atom. The Bertz CT molecular complexity index is 1090. The van der Waals surface area contributed by atoms with Crippen LogP contribution in [-0.2, 0) is 11.3 Å². The normalized spacial score (nSPS) is 10.7. The standard InChI is InChI=1S/C15H11Cl2N5O4S/c16-8-1-2-10(9(17)5-8)18-12(24)7-27-15-21-20-13(26-15)6-22-4-3-11(23)19-14(22)25/h1-5H,6-7H2,(H,18,24)(H,19,23,25). The first kappa shape index (κ1) is 19.2. The lowest BCUT2D eigenvalue weighted by Crippen LogP contribution is -2.28. The van der Waals surface area contributed by atoms with E-state index in [-0.39, 0.29) is 29.3 Å². The second kappa shape index (κ2) is 8.42. The third-order valence-electron chi connectivity index (χ3n) is 3.18. The number of aromatic amines is 1. The van der Waals surface area contributed by atoms with Crippen molar-refractivity contribution in [3.8, 4) is 0 Å². The van der Waals surface area contributed by atoms with Gasteiger partial charge in [0.05, 0.1) is 16.5 Å². The molecule has 2 heterocycles. The number of nitrogens with zero attached hydrogens (tertiary/aromatic N) is 3. The molecule has 0 bridgehead atoms. The summed E-state index contributed by atoms with van der Waals surface area (Å²) in [6, 6.07) is 5.94. The molecule has 0 aliphatic heterocycles. The minimum Gasteiger partial charge on any atom is -0.414 e. The highest BCUT2D eigenvalue weighted by Gasteiger charge is 2.12. The second-order valence-corrected chi connectivity index (χ2v) is 6.93. The van der Waals surface area contributed by atoms with E-state index in [0.29, 0.717) is 15.7 Å². The van der Waals surface area contributed by atoms with Gasteiger partial charge in [-0.2, -0.15) is 0 Å². The van der Waals surface area contributed by atoms with Crippen LogP contribution in [0.5, 0.6) is 0 Å². The Labute approximate surface area is 165 Å². The van der Waals surface area contributed by atoms with Crippen LogP contribution in [0.4, 0.5) is 5.69 Å². The molecule has 9 nitrogen and oxygen atoms in total. The van der Waals surface area contributed by atoms with Gasteiger partial charge in [-0.25, -0.2) is 4.79 Å². The van der Waals surface area contributed by atoms with Crippen molar-refractivity contribution < 1.29 is 9.21 Å². The van der Waals surface area contributed by atoms with Crippen LogP contribution in [0.1, 0.15) is 5.89 Å². The molecule has 140 valence electrons. The van der Waals surface area contributed by atoms with Crippen molar-refractivity contribution in [1.29, 1.82) is 0 Å². The summed E-state index contributed by atoms with van der Waals surface area (Å²) in [5, 5.41) is 11.2. The molecule has 3 rings (SSSR count). The molecule has 27 heavy (non-hydrogen) atoms. The number of hydrogen-bond donors (Lipinski definition) is 2. The molecule has 3 aromatic rings. The van der Waals surface area contributed by atoms with Crippen molar-refractivity contribution in [2.45, 2.75) is 11.8 Å². The van der Waals surface area contributed by atoms with E-state index in [1.165, 1.54) is 22.9 Å². The summed E-state index contributed by atoms with van der Waals surface area (Å²) in [4.78, 5) is 36.8. The zero-order chi connectivity index (χ0) is 19.4. The van der Waals surface area contributed by atoms with Gasteiger partial charge in [0.2, 0.25) is 11.8 Å². The van der Waals surface area contributed by atoms with E-state index in [1.807, 2.05) is 0 Å². The summed E-state index contributed by atoms with van der Waals surface area (Å²) in [7, 11) is 0. The number of halogens is 2. The molecular formula is C15H11Cl2N5O4S. The summed E-state index contributed by atoms with van der Waals surface area (Å²) >= 11 is 12.8.